The predicted molar refractivity (Wildman–Crippen MR) is 114 cm³/mol. The molecule has 6 nitrogen and oxygen atoms in total. The van der Waals surface area contributed by atoms with Crippen LogP contribution < -0.4 is 14.4 Å². The minimum Gasteiger partial charge on any atom is -0.497 e. The van der Waals surface area contributed by atoms with E-state index in [9.17, 15) is 17.6 Å². The average molecular weight is 428 g/mol. The number of rotatable bonds is 7. The third kappa shape index (κ3) is 4.77. The molecule has 30 heavy (non-hydrogen) atoms. The number of carbonyl (C=O) groups excluding carboxylic acids is 1. The molecule has 0 unspecified atom stereocenters. The third-order valence-corrected chi connectivity index (χ3v) is 6.14. The molecule has 0 atom stereocenters. The average Bonchev–Trinajstić information content (AvgIpc) is 2.73. The number of hydrogen-bond acceptors (Lipinski definition) is 4. The molecular weight excluding hydrogens is 407 g/mol. The lowest BCUT2D eigenvalue weighted by molar-refractivity contribution is -0.114. The Hall–Kier alpha value is -3.39. The lowest BCUT2D eigenvalue weighted by Gasteiger charge is -2.24. The second kappa shape index (κ2) is 8.96. The van der Waals surface area contributed by atoms with Crippen LogP contribution in [-0.4, -0.2) is 28.0 Å². The summed E-state index contributed by atoms with van der Waals surface area (Å²) in [6, 6.07) is 18.2. The molecule has 1 N–H and O–H groups in total. The molecular formula is C22H21FN2O4S. The number of aryl methyl sites for hydroxylation is 1. The number of nitrogens with one attached hydrogen (secondary N) is 1. The smallest absolute Gasteiger partial charge is 0.264 e. The molecule has 3 rings (SSSR count). The van der Waals surface area contributed by atoms with Gasteiger partial charge in [0.15, 0.2) is 0 Å². The molecule has 0 fully saturated rings. The highest BCUT2D eigenvalue weighted by atomic mass is 32.2. The zero-order valence-corrected chi connectivity index (χ0v) is 17.3. The van der Waals surface area contributed by atoms with E-state index >= 15 is 0 Å². The number of hydrogen-bond donors (Lipinski definition) is 1. The fraction of sp³-hybridized carbons (Fsp3) is 0.136. The van der Waals surface area contributed by atoms with Crippen molar-refractivity contribution in [2.45, 2.75) is 11.8 Å². The summed E-state index contributed by atoms with van der Waals surface area (Å²) in [5.41, 5.74) is 1.10. The van der Waals surface area contributed by atoms with Crippen LogP contribution in [0.5, 0.6) is 5.75 Å². The van der Waals surface area contributed by atoms with Gasteiger partial charge in [0.1, 0.15) is 18.1 Å². The first kappa shape index (κ1) is 21.3. The van der Waals surface area contributed by atoms with Gasteiger partial charge in [-0.05, 0) is 43.3 Å². The van der Waals surface area contributed by atoms with E-state index in [2.05, 4.69) is 5.32 Å². The molecule has 0 heterocycles. The number of benzene rings is 3. The highest BCUT2D eigenvalue weighted by molar-refractivity contribution is 7.92. The van der Waals surface area contributed by atoms with E-state index in [1.807, 2.05) is 6.92 Å². The first-order valence-electron chi connectivity index (χ1n) is 9.09. The van der Waals surface area contributed by atoms with Gasteiger partial charge in [0.05, 0.1) is 17.7 Å². The van der Waals surface area contributed by atoms with Crippen LogP contribution in [0.3, 0.4) is 0 Å². The van der Waals surface area contributed by atoms with Crippen LogP contribution in [0.1, 0.15) is 5.56 Å². The molecule has 156 valence electrons. The Labute approximate surface area is 175 Å². The number of sulfonamides is 1. The van der Waals surface area contributed by atoms with E-state index < -0.39 is 28.3 Å². The Morgan fingerprint density at radius 3 is 2.40 bits per heavy atom. The summed E-state index contributed by atoms with van der Waals surface area (Å²) in [4.78, 5) is 12.6. The molecule has 0 saturated carbocycles. The number of amides is 1. The lowest BCUT2D eigenvalue weighted by atomic mass is 10.2. The minimum absolute atomic E-state index is 0.0365. The van der Waals surface area contributed by atoms with Gasteiger partial charge in [0.2, 0.25) is 5.91 Å². The van der Waals surface area contributed by atoms with Gasteiger partial charge < -0.3 is 10.1 Å². The SMILES string of the molecule is COc1cccc(NC(=O)CN(c2ccccc2F)S(=O)(=O)c2ccc(C)cc2)c1. The van der Waals surface area contributed by atoms with E-state index in [1.54, 1.807) is 36.4 Å². The summed E-state index contributed by atoms with van der Waals surface area (Å²) >= 11 is 0. The number of methoxy groups -OCH3 is 1. The third-order valence-electron chi connectivity index (χ3n) is 4.37. The zero-order chi connectivity index (χ0) is 21.7. The van der Waals surface area contributed by atoms with Crippen molar-refractivity contribution in [3.05, 3.63) is 84.2 Å². The number of nitrogens with zero attached hydrogens (tertiary/aromatic N) is 1. The molecule has 8 heteroatoms. The Kier molecular flexibility index (Phi) is 6.37. The van der Waals surface area contributed by atoms with E-state index in [1.165, 1.54) is 37.4 Å². The number of para-hydroxylation sites is 1. The van der Waals surface area contributed by atoms with Crippen LogP contribution in [-0.2, 0) is 14.8 Å². The second-order valence-corrected chi connectivity index (χ2v) is 8.42. The standard InChI is InChI=1S/C22H21FN2O4S/c1-16-10-12-19(13-11-16)30(27,28)25(21-9-4-3-8-20(21)23)15-22(26)24-17-6-5-7-18(14-17)29-2/h3-14H,15H2,1-2H3,(H,24,26). The highest BCUT2D eigenvalue weighted by Gasteiger charge is 2.29. The first-order valence-corrected chi connectivity index (χ1v) is 10.5. The van der Waals surface area contributed by atoms with Gasteiger partial charge in [0.25, 0.3) is 10.0 Å². The summed E-state index contributed by atoms with van der Waals surface area (Å²) in [7, 11) is -2.69. The normalized spacial score (nSPS) is 11.0. The molecule has 0 aliphatic carbocycles. The maximum absolute atomic E-state index is 14.5. The number of carbonyl (C=O) groups is 1. The summed E-state index contributed by atoms with van der Waals surface area (Å²) in [5, 5.41) is 2.62. The van der Waals surface area contributed by atoms with Crippen LogP contribution >= 0.6 is 0 Å². The topological polar surface area (TPSA) is 75.7 Å². The van der Waals surface area contributed by atoms with Crippen molar-refractivity contribution in [1.29, 1.82) is 0 Å². The fourth-order valence-corrected chi connectivity index (χ4v) is 4.25. The first-order chi connectivity index (χ1) is 14.3. The van der Waals surface area contributed by atoms with Gasteiger partial charge in [-0.2, -0.15) is 0 Å². The quantitative estimate of drug-likeness (QED) is 0.618. The largest absolute Gasteiger partial charge is 0.497 e. The second-order valence-electron chi connectivity index (χ2n) is 6.56. The van der Waals surface area contributed by atoms with Crippen LogP contribution in [0.25, 0.3) is 0 Å². The maximum Gasteiger partial charge on any atom is 0.264 e. The van der Waals surface area contributed by atoms with Gasteiger partial charge >= 0.3 is 0 Å². The molecule has 3 aromatic carbocycles. The van der Waals surface area contributed by atoms with Gasteiger partial charge in [-0.25, -0.2) is 12.8 Å². The van der Waals surface area contributed by atoms with Gasteiger partial charge in [-0.15, -0.1) is 0 Å². The fourth-order valence-electron chi connectivity index (χ4n) is 2.82. The van der Waals surface area contributed by atoms with Crippen LogP contribution in [0.4, 0.5) is 15.8 Å². The van der Waals surface area contributed by atoms with E-state index in [0.717, 1.165) is 15.9 Å². The van der Waals surface area contributed by atoms with Gasteiger partial charge in [-0.1, -0.05) is 35.9 Å². The Morgan fingerprint density at radius 2 is 1.73 bits per heavy atom. The summed E-state index contributed by atoms with van der Waals surface area (Å²) in [5.74, 6) is -0.837. The van der Waals surface area contributed by atoms with E-state index in [0.29, 0.717) is 11.4 Å². The van der Waals surface area contributed by atoms with Crippen molar-refractivity contribution in [1.82, 2.24) is 0 Å². The molecule has 0 aromatic heterocycles. The Bertz CT molecular complexity index is 1150. The molecule has 0 aliphatic heterocycles. The molecule has 0 saturated heterocycles. The molecule has 0 aliphatic rings. The van der Waals surface area contributed by atoms with Crippen molar-refractivity contribution in [3.8, 4) is 5.75 Å². The van der Waals surface area contributed by atoms with Crippen molar-refractivity contribution in [2.24, 2.45) is 0 Å². The van der Waals surface area contributed by atoms with Crippen LogP contribution in [0, 0.1) is 12.7 Å². The van der Waals surface area contributed by atoms with Crippen molar-refractivity contribution < 1.29 is 22.3 Å². The maximum atomic E-state index is 14.5. The molecule has 1 amide bonds. The molecule has 0 bridgehead atoms. The van der Waals surface area contributed by atoms with E-state index in [-0.39, 0.29) is 10.6 Å². The zero-order valence-electron chi connectivity index (χ0n) is 16.5. The van der Waals surface area contributed by atoms with Crippen LogP contribution in [0.2, 0.25) is 0 Å². The summed E-state index contributed by atoms with van der Waals surface area (Å²) in [6.45, 7) is 1.22. The van der Waals surface area contributed by atoms with Crippen molar-refractivity contribution >= 4 is 27.3 Å². The molecule has 3 aromatic rings. The molecule has 0 spiro atoms. The summed E-state index contributed by atoms with van der Waals surface area (Å²) in [6.07, 6.45) is 0. The van der Waals surface area contributed by atoms with Gasteiger partial charge in [-0.3, -0.25) is 9.10 Å². The number of ether oxygens (including phenoxy) is 1. The highest BCUT2D eigenvalue weighted by Crippen LogP contribution is 2.26. The number of halogens is 1. The predicted octanol–water partition coefficient (Wildman–Crippen LogP) is 3.98. The Balaban J connectivity index is 1.95. The Morgan fingerprint density at radius 1 is 1.03 bits per heavy atom. The van der Waals surface area contributed by atoms with Crippen molar-refractivity contribution in [2.75, 3.05) is 23.3 Å². The van der Waals surface area contributed by atoms with Crippen molar-refractivity contribution in [3.63, 3.8) is 0 Å². The number of anilines is 2. The van der Waals surface area contributed by atoms with Gasteiger partial charge in [0, 0.05) is 11.8 Å². The molecule has 0 radical (unpaired) electrons. The van der Waals surface area contributed by atoms with Crippen LogP contribution in [0.15, 0.2) is 77.7 Å². The lowest BCUT2D eigenvalue weighted by Crippen LogP contribution is -2.38. The monoisotopic (exact) mass is 428 g/mol. The minimum atomic E-state index is -4.19. The summed E-state index contributed by atoms with van der Waals surface area (Å²) < 4.78 is 46.8. The van der Waals surface area contributed by atoms with E-state index in [4.69, 9.17) is 4.74 Å².